The summed E-state index contributed by atoms with van der Waals surface area (Å²) in [6.45, 7) is 0. The molecule has 118 valence electrons. The van der Waals surface area contributed by atoms with E-state index in [2.05, 4.69) is 33.2 Å². The van der Waals surface area contributed by atoms with Crippen LogP contribution in [0.4, 0.5) is 11.4 Å². The molecule has 0 unspecified atom stereocenters. The molecule has 2 aromatic rings. The van der Waals surface area contributed by atoms with Gasteiger partial charge in [-0.25, -0.2) is 0 Å². The van der Waals surface area contributed by atoms with Gasteiger partial charge in [-0.3, -0.25) is 20.2 Å². The summed E-state index contributed by atoms with van der Waals surface area (Å²) >= 11 is 13.1. The van der Waals surface area contributed by atoms with Crippen molar-refractivity contribution >= 4 is 68.8 Å². The Balaban J connectivity index is 2.07. The minimum absolute atomic E-state index is 0.00375. The maximum absolute atomic E-state index is 12.0. The first kappa shape index (κ1) is 17.6. The number of hydrogen-bond donors (Lipinski definition) is 2. The van der Waals surface area contributed by atoms with E-state index < -0.39 is 4.92 Å². The van der Waals surface area contributed by atoms with Crippen molar-refractivity contribution in [3.05, 3.63) is 66.7 Å². The number of halogens is 2. The number of nitrogens with zero attached hydrogens (tertiary/aromatic N) is 1. The largest absolute Gasteiger partial charge is 0.331 e. The van der Waals surface area contributed by atoms with Gasteiger partial charge in [-0.15, -0.1) is 0 Å². The lowest BCUT2D eigenvalue weighted by molar-refractivity contribution is -0.384. The van der Waals surface area contributed by atoms with Gasteiger partial charge in [0.05, 0.1) is 15.6 Å². The Hall–Kier alpha value is -1.78. The zero-order valence-corrected chi connectivity index (χ0v) is 15.1. The third-order valence-corrected chi connectivity index (χ3v) is 4.00. The molecule has 0 aliphatic carbocycles. The molecule has 0 aliphatic heterocycles. The number of nitrogens with one attached hydrogen (secondary N) is 2. The third kappa shape index (κ3) is 4.85. The van der Waals surface area contributed by atoms with Gasteiger partial charge in [0.2, 0.25) is 0 Å². The zero-order valence-electron chi connectivity index (χ0n) is 11.4. The number of anilines is 1. The zero-order chi connectivity index (χ0) is 17.0. The SMILES string of the molecule is O=C(NC(=S)Nc1cc([N+](=O)[O-])ccc1Cl)c1ccc(I)cc1. The Morgan fingerprint density at radius 2 is 1.87 bits per heavy atom. The van der Waals surface area contributed by atoms with E-state index in [4.69, 9.17) is 23.8 Å². The Labute approximate surface area is 155 Å². The van der Waals surface area contributed by atoms with Crippen LogP contribution < -0.4 is 10.6 Å². The number of carbonyl (C=O) groups is 1. The first-order valence-electron chi connectivity index (χ1n) is 6.18. The van der Waals surface area contributed by atoms with E-state index in [1.807, 2.05) is 0 Å². The number of nitro benzene ring substituents is 1. The van der Waals surface area contributed by atoms with E-state index in [9.17, 15) is 14.9 Å². The third-order valence-electron chi connectivity index (χ3n) is 2.74. The van der Waals surface area contributed by atoms with Crippen LogP contribution in [-0.4, -0.2) is 15.9 Å². The number of amides is 1. The molecule has 0 fully saturated rings. The minimum Gasteiger partial charge on any atom is -0.331 e. The topological polar surface area (TPSA) is 84.3 Å². The van der Waals surface area contributed by atoms with Crippen molar-refractivity contribution in [1.29, 1.82) is 0 Å². The van der Waals surface area contributed by atoms with Crippen LogP contribution in [-0.2, 0) is 0 Å². The van der Waals surface area contributed by atoms with Crippen LogP contribution in [0.3, 0.4) is 0 Å². The van der Waals surface area contributed by atoms with Gasteiger partial charge in [0.25, 0.3) is 11.6 Å². The molecule has 0 heterocycles. The number of nitro groups is 1. The van der Waals surface area contributed by atoms with Crippen LogP contribution in [0.1, 0.15) is 10.4 Å². The number of benzene rings is 2. The monoisotopic (exact) mass is 461 g/mol. The van der Waals surface area contributed by atoms with Gasteiger partial charge < -0.3 is 5.32 Å². The Morgan fingerprint density at radius 3 is 2.48 bits per heavy atom. The molecule has 0 aliphatic rings. The first-order chi connectivity index (χ1) is 10.9. The average Bonchev–Trinajstić information content (AvgIpc) is 2.49. The summed E-state index contributed by atoms with van der Waals surface area (Å²) in [5.74, 6) is -0.388. The van der Waals surface area contributed by atoms with Crippen LogP contribution in [0, 0.1) is 13.7 Å². The molecular formula is C14H9ClIN3O3S. The molecule has 6 nitrogen and oxygen atoms in total. The number of hydrogen-bond acceptors (Lipinski definition) is 4. The highest BCUT2D eigenvalue weighted by molar-refractivity contribution is 14.1. The first-order valence-corrected chi connectivity index (χ1v) is 8.05. The number of rotatable bonds is 3. The highest BCUT2D eigenvalue weighted by Crippen LogP contribution is 2.26. The van der Waals surface area contributed by atoms with Crippen LogP contribution in [0.5, 0.6) is 0 Å². The Bertz CT molecular complexity index is 783. The van der Waals surface area contributed by atoms with Gasteiger partial charge in [-0.2, -0.15) is 0 Å². The second-order valence-corrected chi connectivity index (χ2v) is 6.40. The quantitative estimate of drug-likeness (QED) is 0.313. The average molecular weight is 462 g/mol. The highest BCUT2D eigenvalue weighted by atomic mass is 127. The minimum atomic E-state index is -0.547. The fourth-order valence-electron chi connectivity index (χ4n) is 1.65. The Kier molecular flexibility index (Phi) is 5.85. The number of carbonyl (C=O) groups excluding carboxylic acids is 1. The molecule has 0 saturated heterocycles. The van der Waals surface area contributed by atoms with E-state index in [1.165, 1.54) is 18.2 Å². The van der Waals surface area contributed by atoms with Crippen molar-refractivity contribution in [3.63, 3.8) is 0 Å². The summed E-state index contributed by atoms with van der Waals surface area (Å²) in [4.78, 5) is 22.3. The maximum Gasteiger partial charge on any atom is 0.271 e. The molecule has 0 bridgehead atoms. The second-order valence-electron chi connectivity index (χ2n) is 4.34. The fourth-order valence-corrected chi connectivity index (χ4v) is 2.38. The van der Waals surface area contributed by atoms with Crippen LogP contribution in [0.25, 0.3) is 0 Å². The van der Waals surface area contributed by atoms with Crippen LogP contribution >= 0.6 is 46.4 Å². The molecular weight excluding hydrogens is 453 g/mol. The predicted molar refractivity (Wildman–Crippen MR) is 101 cm³/mol. The van der Waals surface area contributed by atoms with Crippen molar-refractivity contribution in [2.75, 3.05) is 5.32 Å². The normalized spacial score (nSPS) is 10.0. The molecule has 2 N–H and O–H groups in total. The van der Waals surface area contributed by atoms with Crippen molar-refractivity contribution in [2.24, 2.45) is 0 Å². The van der Waals surface area contributed by atoms with E-state index in [1.54, 1.807) is 24.3 Å². The van der Waals surface area contributed by atoms with Gasteiger partial charge in [0.1, 0.15) is 0 Å². The number of non-ortho nitro benzene ring substituents is 1. The molecule has 2 rings (SSSR count). The molecule has 0 saturated carbocycles. The lowest BCUT2D eigenvalue weighted by atomic mass is 10.2. The van der Waals surface area contributed by atoms with Gasteiger partial charge >= 0.3 is 0 Å². The molecule has 2 aromatic carbocycles. The summed E-state index contributed by atoms with van der Waals surface area (Å²) in [6.07, 6.45) is 0. The fraction of sp³-hybridized carbons (Fsp3) is 0. The molecule has 23 heavy (non-hydrogen) atoms. The van der Waals surface area contributed by atoms with Gasteiger partial charge in [-0.05, 0) is 65.1 Å². The molecule has 1 amide bonds. The highest BCUT2D eigenvalue weighted by Gasteiger charge is 2.12. The number of thiocarbonyl (C=S) groups is 1. The summed E-state index contributed by atoms with van der Waals surface area (Å²) in [5, 5.41) is 16.2. The molecule has 0 radical (unpaired) electrons. The van der Waals surface area contributed by atoms with Crippen molar-refractivity contribution in [2.45, 2.75) is 0 Å². The van der Waals surface area contributed by atoms with E-state index >= 15 is 0 Å². The van der Waals surface area contributed by atoms with E-state index in [0.29, 0.717) is 5.56 Å². The molecule has 0 aromatic heterocycles. The summed E-state index contributed by atoms with van der Waals surface area (Å²) in [6, 6.07) is 10.8. The maximum atomic E-state index is 12.0. The van der Waals surface area contributed by atoms with Crippen molar-refractivity contribution in [3.8, 4) is 0 Å². The van der Waals surface area contributed by atoms with Gasteiger partial charge in [0.15, 0.2) is 5.11 Å². The van der Waals surface area contributed by atoms with E-state index in [-0.39, 0.29) is 27.4 Å². The van der Waals surface area contributed by atoms with Gasteiger partial charge in [0, 0.05) is 21.3 Å². The van der Waals surface area contributed by atoms with E-state index in [0.717, 1.165) is 3.57 Å². The van der Waals surface area contributed by atoms with Gasteiger partial charge in [-0.1, -0.05) is 11.6 Å². The Morgan fingerprint density at radius 1 is 1.22 bits per heavy atom. The molecule has 0 spiro atoms. The van der Waals surface area contributed by atoms with Crippen LogP contribution in [0.2, 0.25) is 5.02 Å². The lowest BCUT2D eigenvalue weighted by Gasteiger charge is -2.11. The summed E-state index contributed by atoms with van der Waals surface area (Å²) in [7, 11) is 0. The van der Waals surface area contributed by atoms with Crippen molar-refractivity contribution in [1.82, 2.24) is 5.32 Å². The standard InChI is InChI=1S/C14H9ClIN3O3S/c15-11-6-5-10(19(21)22)7-12(11)17-14(23)18-13(20)8-1-3-9(16)4-2-8/h1-7H,(H2,17,18,20,23). The second kappa shape index (κ2) is 7.66. The van der Waals surface area contributed by atoms with Crippen molar-refractivity contribution < 1.29 is 9.72 Å². The summed E-state index contributed by atoms with van der Waals surface area (Å²) in [5.41, 5.74) is 0.553. The lowest BCUT2D eigenvalue weighted by Crippen LogP contribution is -2.34. The molecule has 9 heteroatoms. The molecule has 0 atom stereocenters. The predicted octanol–water partition coefficient (Wildman–Crippen LogP) is 3.98. The summed E-state index contributed by atoms with van der Waals surface area (Å²) < 4.78 is 1.00. The smallest absolute Gasteiger partial charge is 0.271 e. The van der Waals surface area contributed by atoms with Crippen LogP contribution in [0.15, 0.2) is 42.5 Å².